The van der Waals surface area contributed by atoms with E-state index < -0.39 is 8.32 Å². The number of ketones is 2. The number of carbonyl (C=O) groups is 2. The first-order valence-corrected chi connectivity index (χ1v) is 13.4. The van der Waals surface area contributed by atoms with Crippen LogP contribution in [0.5, 0.6) is 0 Å². The molecule has 152 valence electrons. The zero-order chi connectivity index (χ0) is 20.2. The number of hydrogen-bond donors (Lipinski definition) is 0. The number of Topliss-reactive ketones (excluding diaryl/α,β-unsaturated/α-hetero) is 2. The van der Waals surface area contributed by atoms with Gasteiger partial charge in [-0.05, 0) is 55.7 Å². The molecule has 0 aliphatic heterocycles. The SMILES string of the molecule is CC(C)[C@@H]1CCC(=O)[C@@]1(C)CCC(=O)CCCCO[Si](C)(C)C(C)(C)C. The van der Waals surface area contributed by atoms with E-state index in [1.165, 1.54) is 0 Å². The summed E-state index contributed by atoms with van der Waals surface area (Å²) in [6, 6.07) is 0. The number of carbonyl (C=O) groups excluding carboxylic acids is 2. The van der Waals surface area contributed by atoms with Gasteiger partial charge in [-0.3, -0.25) is 9.59 Å². The van der Waals surface area contributed by atoms with Gasteiger partial charge in [-0.15, -0.1) is 0 Å². The van der Waals surface area contributed by atoms with E-state index >= 15 is 0 Å². The molecule has 1 aliphatic carbocycles. The van der Waals surface area contributed by atoms with Crippen LogP contribution in [0.2, 0.25) is 18.1 Å². The summed E-state index contributed by atoms with van der Waals surface area (Å²) in [6.07, 6.45) is 5.43. The highest BCUT2D eigenvalue weighted by molar-refractivity contribution is 6.74. The molecule has 0 radical (unpaired) electrons. The highest BCUT2D eigenvalue weighted by atomic mass is 28.4. The molecule has 4 heteroatoms. The third kappa shape index (κ3) is 6.02. The van der Waals surface area contributed by atoms with Gasteiger partial charge in [0.25, 0.3) is 0 Å². The lowest BCUT2D eigenvalue weighted by molar-refractivity contribution is -0.128. The molecule has 1 aliphatic rings. The van der Waals surface area contributed by atoms with Crippen molar-refractivity contribution in [2.75, 3.05) is 6.61 Å². The van der Waals surface area contributed by atoms with Crippen molar-refractivity contribution in [2.24, 2.45) is 17.3 Å². The molecule has 0 spiro atoms. The molecular weight excluding hydrogens is 340 g/mol. The molecule has 26 heavy (non-hydrogen) atoms. The first-order valence-electron chi connectivity index (χ1n) is 10.5. The fourth-order valence-corrected chi connectivity index (χ4v) is 5.07. The second-order valence-corrected chi connectivity index (χ2v) is 15.1. The van der Waals surface area contributed by atoms with Gasteiger partial charge < -0.3 is 4.43 Å². The summed E-state index contributed by atoms with van der Waals surface area (Å²) in [7, 11) is -1.67. The van der Waals surface area contributed by atoms with Gasteiger partial charge in [0, 0.05) is 31.3 Å². The van der Waals surface area contributed by atoms with Gasteiger partial charge in [-0.1, -0.05) is 41.5 Å². The minimum Gasteiger partial charge on any atom is -0.417 e. The summed E-state index contributed by atoms with van der Waals surface area (Å²) in [5.74, 6) is 1.61. The quantitative estimate of drug-likeness (QED) is 0.335. The minimum absolute atomic E-state index is 0.235. The van der Waals surface area contributed by atoms with E-state index in [0.717, 1.165) is 32.3 Å². The zero-order valence-corrected chi connectivity index (χ0v) is 19.5. The molecule has 0 aromatic heterocycles. The summed E-state index contributed by atoms with van der Waals surface area (Å²) >= 11 is 0. The van der Waals surface area contributed by atoms with Crippen LogP contribution < -0.4 is 0 Å². The van der Waals surface area contributed by atoms with Crippen LogP contribution in [-0.2, 0) is 14.0 Å². The summed E-state index contributed by atoms with van der Waals surface area (Å²) in [5, 5.41) is 0.235. The van der Waals surface area contributed by atoms with Crippen LogP contribution in [0.1, 0.15) is 86.5 Å². The molecule has 0 N–H and O–H groups in total. The van der Waals surface area contributed by atoms with Gasteiger partial charge in [-0.25, -0.2) is 0 Å². The Bertz CT molecular complexity index is 490. The summed E-state index contributed by atoms with van der Waals surface area (Å²) in [4.78, 5) is 24.7. The van der Waals surface area contributed by atoms with E-state index in [1.807, 2.05) is 0 Å². The van der Waals surface area contributed by atoms with Crippen LogP contribution in [0.15, 0.2) is 0 Å². The molecule has 1 rings (SSSR count). The smallest absolute Gasteiger partial charge is 0.191 e. The fraction of sp³-hybridized carbons (Fsp3) is 0.909. The van der Waals surface area contributed by atoms with Crippen molar-refractivity contribution >= 4 is 19.9 Å². The average Bonchev–Trinajstić information content (AvgIpc) is 2.80. The monoisotopic (exact) mass is 382 g/mol. The highest BCUT2D eigenvalue weighted by Crippen LogP contribution is 2.47. The molecule has 2 atom stereocenters. The van der Waals surface area contributed by atoms with Crippen LogP contribution in [0.25, 0.3) is 0 Å². The van der Waals surface area contributed by atoms with Gasteiger partial charge in [0.15, 0.2) is 8.32 Å². The topological polar surface area (TPSA) is 43.4 Å². The Morgan fingerprint density at radius 2 is 1.85 bits per heavy atom. The first-order chi connectivity index (χ1) is 11.8. The second-order valence-electron chi connectivity index (χ2n) is 10.3. The lowest BCUT2D eigenvalue weighted by Gasteiger charge is -2.36. The molecule has 1 saturated carbocycles. The van der Waals surface area contributed by atoms with Crippen LogP contribution in [0.3, 0.4) is 0 Å². The molecule has 0 aromatic rings. The van der Waals surface area contributed by atoms with Crippen molar-refractivity contribution in [3.63, 3.8) is 0 Å². The molecule has 0 amide bonds. The van der Waals surface area contributed by atoms with Crippen LogP contribution in [0.4, 0.5) is 0 Å². The zero-order valence-electron chi connectivity index (χ0n) is 18.5. The molecule has 0 aromatic carbocycles. The third-order valence-electron chi connectivity index (χ3n) is 6.98. The van der Waals surface area contributed by atoms with Crippen molar-refractivity contribution < 1.29 is 14.0 Å². The van der Waals surface area contributed by atoms with Gasteiger partial charge in [-0.2, -0.15) is 0 Å². The Morgan fingerprint density at radius 1 is 1.23 bits per heavy atom. The Hall–Kier alpha value is -0.483. The van der Waals surface area contributed by atoms with Crippen molar-refractivity contribution in [1.82, 2.24) is 0 Å². The van der Waals surface area contributed by atoms with Gasteiger partial charge in [0.2, 0.25) is 0 Å². The van der Waals surface area contributed by atoms with Gasteiger partial charge in [0.1, 0.15) is 11.6 Å². The molecule has 0 bridgehead atoms. The van der Waals surface area contributed by atoms with Crippen molar-refractivity contribution in [3.05, 3.63) is 0 Å². The van der Waals surface area contributed by atoms with E-state index in [2.05, 4.69) is 54.6 Å². The van der Waals surface area contributed by atoms with Crippen molar-refractivity contribution in [3.8, 4) is 0 Å². The second kappa shape index (κ2) is 9.14. The van der Waals surface area contributed by atoms with Crippen LogP contribution in [0, 0.1) is 17.3 Å². The summed E-state index contributed by atoms with van der Waals surface area (Å²) in [6.45, 7) is 18.5. The van der Waals surface area contributed by atoms with Crippen molar-refractivity contribution in [1.29, 1.82) is 0 Å². The molecular formula is C22H42O3Si. The number of unbranched alkanes of at least 4 members (excludes halogenated alkanes) is 1. The van der Waals surface area contributed by atoms with E-state index in [1.54, 1.807) is 0 Å². The normalized spacial score (nSPS) is 24.5. The maximum absolute atomic E-state index is 12.4. The predicted octanol–water partition coefficient (Wildman–Crippen LogP) is 6.17. The van der Waals surface area contributed by atoms with E-state index in [9.17, 15) is 9.59 Å². The van der Waals surface area contributed by atoms with E-state index in [-0.39, 0.29) is 10.5 Å². The maximum Gasteiger partial charge on any atom is 0.191 e. The molecule has 3 nitrogen and oxygen atoms in total. The summed E-state index contributed by atoms with van der Waals surface area (Å²) < 4.78 is 6.17. The molecule has 0 heterocycles. The Labute approximate surface area is 162 Å². The minimum atomic E-state index is -1.67. The van der Waals surface area contributed by atoms with Crippen LogP contribution >= 0.6 is 0 Å². The van der Waals surface area contributed by atoms with Gasteiger partial charge >= 0.3 is 0 Å². The van der Waals surface area contributed by atoms with Crippen LogP contribution in [-0.4, -0.2) is 26.5 Å². The molecule has 0 unspecified atom stereocenters. The van der Waals surface area contributed by atoms with Gasteiger partial charge in [0.05, 0.1) is 0 Å². The van der Waals surface area contributed by atoms with Crippen molar-refractivity contribution in [2.45, 2.75) is 105 Å². The molecule has 1 fully saturated rings. The summed E-state index contributed by atoms with van der Waals surface area (Å²) in [5.41, 5.74) is -0.282. The largest absolute Gasteiger partial charge is 0.417 e. The first kappa shape index (κ1) is 23.6. The average molecular weight is 383 g/mol. The van der Waals surface area contributed by atoms with E-state index in [4.69, 9.17) is 4.43 Å². The highest BCUT2D eigenvalue weighted by Gasteiger charge is 2.46. The Kier molecular flexibility index (Phi) is 8.28. The lowest BCUT2D eigenvalue weighted by Crippen LogP contribution is -2.40. The Balaban J connectivity index is 2.32. The standard InChI is InChI=1S/C22H42O3Si/c1-17(2)19-12-13-20(24)22(19,6)15-14-18(23)11-9-10-16-25-26(7,8)21(3,4)5/h17,19H,9-16H2,1-8H3/t19-,22-/m0/s1. The fourth-order valence-electron chi connectivity index (χ4n) is 3.98. The Morgan fingerprint density at radius 3 is 2.38 bits per heavy atom. The number of hydrogen-bond acceptors (Lipinski definition) is 3. The third-order valence-corrected chi connectivity index (χ3v) is 11.5. The maximum atomic E-state index is 12.4. The van der Waals surface area contributed by atoms with E-state index in [0.29, 0.717) is 42.7 Å². The molecule has 0 saturated heterocycles. The number of rotatable bonds is 10. The lowest BCUT2D eigenvalue weighted by atomic mass is 9.70. The predicted molar refractivity (Wildman–Crippen MR) is 112 cm³/mol.